The number of aliphatic hydroxyl groups excluding tert-OH is 7. The Morgan fingerprint density at radius 2 is 1.38 bits per heavy atom. The number of hydrogen-bond acceptors (Lipinski definition) is 18. The van der Waals surface area contributed by atoms with Crippen molar-refractivity contribution in [2.45, 2.75) is 245 Å². The Kier molecular flexibility index (Phi) is 19.1. The third kappa shape index (κ3) is 11.2. The molecule has 1 saturated carbocycles. The van der Waals surface area contributed by atoms with Crippen LogP contribution in [0.4, 0.5) is 0 Å². The predicted molar refractivity (Wildman–Crippen MR) is 288 cm³/mol. The topological polar surface area (TPSA) is 267 Å². The summed E-state index contributed by atoms with van der Waals surface area (Å²) in [5, 5.41) is 80.4. The average Bonchev–Trinajstić information content (AvgIpc) is 3.83. The van der Waals surface area contributed by atoms with E-state index in [9.17, 15) is 45.3 Å². The molecule has 4 heterocycles. The molecular weight excluding hydrogens is 1020 g/mol. The number of rotatable bonds is 10. The van der Waals surface area contributed by atoms with Crippen LogP contribution in [0.3, 0.4) is 0 Å². The van der Waals surface area contributed by atoms with Crippen LogP contribution >= 0.6 is 0 Å². The minimum atomic E-state index is -1.63. The van der Waals surface area contributed by atoms with Crippen molar-refractivity contribution in [2.24, 2.45) is 58.2 Å². The highest BCUT2D eigenvalue weighted by Crippen LogP contribution is 2.64. The van der Waals surface area contributed by atoms with Crippen molar-refractivity contribution in [1.29, 1.82) is 0 Å². The molecule has 18 nitrogen and oxygen atoms in total. The van der Waals surface area contributed by atoms with Crippen molar-refractivity contribution in [1.82, 2.24) is 0 Å². The Labute approximate surface area is 467 Å². The van der Waals surface area contributed by atoms with Crippen LogP contribution in [-0.2, 0) is 52.3 Å². The van der Waals surface area contributed by atoms with Gasteiger partial charge < -0.3 is 73.6 Å². The van der Waals surface area contributed by atoms with Crippen LogP contribution in [0.5, 0.6) is 0 Å². The van der Waals surface area contributed by atoms with Crippen molar-refractivity contribution in [3.63, 3.8) is 0 Å². The zero-order chi connectivity index (χ0) is 58.0. The molecule has 4 aliphatic heterocycles. The molecule has 0 aromatic rings. The lowest BCUT2D eigenvalue weighted by Gasteiger charge is -2.56. The van der Waals surface area contributed by atoms with E-state index in [1.54, 1.807) is 20.8 Å². The molecule has 26 atom stereocenters. The number of fused-ring (bicyclic) bond motifs is 4. The van der Waals surface area contributed by atoms with Gasteiger partial charge in [-0.3, -0.25) is 9.59 Å². The minimum Gasteiger partial charge on any atom is -0.511 e. The number of allylic oxidation sites excluding steroid dienone is 4. The molecule has 0 aromatic heterocycles. The molecule has 26 unspecified atom stereocenters. The van der Waals surface area contributed by atoms with Gasteiger partial charge in [0.05, 0.1) is 42.7 Å². The highest BCUT2D eigenvalue weighted by molar-refractivity contribution is 6.26. The zero-order valence-corrected chi connectivity index (χ0v) is 48.9. The Bertz CT molecular complexity index is 2320. The maximum Gasteiger partial charge on any atom is 0.346 e. The summed E-state index contributed by atoms with van der Waals surface area (Å²) in [5.41, 5.74) is -1.65. The minimum absolute atomic E-state index is 0.00262. The van der Waals surface area contributed by atoms with Gasteiger partial charge in [0.25, 0.3) is 0 Å². The van der Waals surface area contributed by atoms with Crippen molar-refractivity contribution >= 4 is 17.5 Å². The normalized spacial score (nSPS) is 48.4. The summed E-state index contributed by atoms with van der Waals surface area (Å²) in [6.07, 6.45) is -4.99. The van der Waals surface area contributed by atoms with Crippen molar-refractivity contribution in [3.8, 4) is 0 Å². The highest BCUT2D eigenvalue weighted by Gasteiger charge is 2.67. The molecule has 8 rings (SSSR count). The van der Waals surface area contributed by atoms with Crippen LogP contribution in [0.25, 0.3) is 0 Å². The maximum atomic E-state index is 15.7. The van der Waals surface area contributed by atoms with Gasteiger partial charge in [-0.2, -0.15) is 0 Å². The summed E-state index contributed by atoms with van der Waals surface area (Å²) in [6.45, 7) is 22.8. The number of hydrogen-bond donors (Lipinski definition) is 7. The summed E-state index contributed by atoms with van der Waals surface area (Å²) >= 11 is 0. The second-order valence-corrected chi connectivity index (χ2v) is 25.5. The summed E-state index contributed by atoms with van der Waals surface area (Å²) in [7, 11) is 1.42. The van der Waals surface area contributed by atoms with Gasteiger partial charge in [-0.1, -0.05) is 89.8 Å². The van der Waals surface area contributed by atoms with E-state index in [2.05, 4.69) is 26.0 Å². The van der Waals surface area contributed by atoms with E-state index >= 15 is 4.79 Å². The molecule has 446 valence electrons. The Morgan fingerprint density at radius 1 is 0.734 bits per heavy atom. The van der Waals surface area contributed by atoms with Gasteiger partial charge in [-0.05, 0) is 90.4 Å². The van der Waals surface area contributed by atoms with Gasteiger partial charge >= 0.3 is 5.97 Å². The molecule has 1 spiro atoms. The number of carbonyl (C=O) groups excluding carboxylic acids is 3. The lowest BCUT2D eigenvalue weighted by Crippen LogP contribution is -2.62. The first-order chi connectivity index (χ1) is 37.2. The monoisotopic (exact) mass is 1110 g/mol. The van der Waals surface area contributed by atoms with Crippen LogP contribution in [0, 0.1) is 58.2 Å². The van der Waals surface area contributed by atoms with Crippen molar-refractivity contribution in [2.75, 3.05) is 13.7 Å². The number of carbonyl (C=O) groups is 3. The first kappa shape index (κ1) is 62.1. The average molecular weight is 1120 g/mol. The van der Waals surface area contributed by atoms with Gasteiger partial charge in [0, 0.05) is 73.9 Å². The number of Topliss-reactive ketones (excluding diaryl/α,β-unsaturated/α-hetero) is 2. The van der Waals surface area contributed by atoms with Crippen LogP contribution in [-0.4, -0.2) is 165 Å². The second kappa shape index (κ2) is 24.3. The van der Waals surface area contributed by atoms with E-state index in [0.29, 0.717) is 32.1 Å². The lowest BCUT2D eigenvalue weighted by atomic mass is 9.47. The van der Waals surface area contributed by atoms with Crippen LogP contribution in [0.1, 0.15) is 147 Å². The predicted octanol–water partition coefficient (Wildman–Crippen LogP) is 6.25. The first-order valence-corrected chi connectivity index (χ1v) is 29.5. The SMILES string of the molecule is CCC1=CC(CO)CC(C)C(OC2CC(O)C(OC3OC(C)C(OC4CC(O)C(O)C(C)O4)C(OC)C3O)C(C)O2)C(C)CCCC2(C)C=C(C)C(C)CC23OC(=O)C(=C(O)C2(CC)C1C(C)=CC1C(O)CC(=O)C(C)C12)C3=O. The maximum absolute atomic E-state index is 15.7. The van der Waals surface area contributed by atoms with E-state index in [1.807, 2.05) is 54.5 Å². The molecule has 8 aliphatic rings. The van der Waals surface area contributed by atoms with Gasteiger partial charge in [-0.15, -0.1) is 0 Å². The fraction of sp³-hybridized carbons (Fsp3) is 0.820. The fourth-order valence-electron chi connectivity index (χ4n) is 16.0. The highest BCUT2D eigenvalue weighted by atomic mass is 16.8. The summed E-state index contributed by atoms with van der Waals surface area (Å²) in [6, 6.07) is 0. The van der Waals surface area contributed by atoms with E-state index in [1.165, 1.54) is 7.11 Å². The van der Waals surface area contributed by atoms with Gasteiger partial charge in [0.15, 0.2) is 24.5 Å². The quantitative estimate of drug-likeness (QED) is 0.0724. The van der Waals surface area contributed by atoms with E-state index < -0.39 is 150 Å². The van der Waals surface area contributed by atoms with Crippen LogP contribution in [0.15, 0.2) is 46.3 Å². The van der Waals surface area contributed by atoms with Gasteiger partial charge in [0.1, 0.15) is 47.6 Å². The fourth-order valence-corrected chi connectivity index (χ4v) is 16.0. The van der Waals surface area contributed by atoms with E-state index in [4.69, 9.17) is 37.9 Å². The molecule has 4 aliphatic carbocycles. The molecule has 79 heavy (non-hydrogen) atoms. The molecule has 7 N–H and O–H groups in total. The van der Waals surface area contributed by atoms with Crippen molar-refractivity contribution < 1.29 is 88.0 Å². The standard InChI is InChI=1S/C61H94O18/c1-14-38-21-37(27-62)19-30(5)51(76-45-24-43(66)52(35(10)74-45)78-58-50(68)54(72-13)53(36(11)75-58)77-44-23-42(65)49(67)34(9)73-44)28(3)17-16-18-59(12)25-31(6)32(7)26-61(59)56(70)46(57(71)79-61)55(69)60(15-2)47(38)29(4)20-39-41(64)22-40(63)33(8)48(39)60/h20-21,25,28,30,32-37,39,41-45,47-54,58,62,64-69H,14-19,22-24,26-27H2,1-13H3. The number of methoxy groups -OCH3 is 1. The summed E-state index contributed by atoms with van der Waals surface area (Å²) < 4.78 is 50.3. The molecule has 0 amide bonds. The number of ether oxygens (including phenoxy) is 8. The molecule has 18 heteroatoms. The molecule has 5 fully saturated rings. The summed E-state index contributed by atoms with van der Waals surface area (Å²) in [5.74, 6) is -5.41. The Morgan fingerprint density at radius 3 is 2.00 bits per heavy atom. The Balaban J connectivity index is 1.10. The Hall–Kier alpha value is -2.95. The largest absolute Gasteiger partial charge is 0.511 e. The van der Waals surface area contributed by atoms with E-state index in [0.717, 1.165) is 16.7 Å². The van der Waals surface area contributed by atoms with Crippen LogP contribution < -0.4 is 0 Å². The zero-order valence-electron chi connectivity index (χ0n) is 48.9. The van der Waals surface area contributed by atoms with Gasteiger partial charge in [0.2, 0.25) is 5.78 Å². The van der Waals surface area contributed by atoms with Crippen molar-refractivity contribution in [3.05, 3.63) is 46.3 Å². The third-order valence-corrected chi connectivity index (χ3v) is 20.4. The molecule has 2 bridgehead atoms. The molecular formula is C61H94O18. The summed E-state index contributed by atoms with van der Waals surface area (Å²) in [4.78, 5) is 44.3. The number of aliphatic hydroxyl groups is 7. The van der Waals surface area contributed by atoms with Gasteiger partial charge in [-0.25, -0.2) is 4.79 Å². The third-order valence-electron chi connectivity index (χ3n) is 20.4. The van der Waals surface area contributed by atoms with Crippen LogP contribution in [0.2, 0.25) is 0 Å². The van der Waals surface area contributed by atoms with E-state index in [-0.39, 0.29) is 73.6 Å². The molecule has 0 radical (unpaired) electrons. The lowest BCUT2D eigenvalue weighted by molar-refractivity contribution is -0.360. The second-order valence-electron chi connectivity index (χ2n) is 25.5. The first-order valence-electron chi connectivity index (χ1n) is 29.5. The number of esters is 1. The molecule has 0 aromatic carbocycles. The molecule has 4 saturated heterocycles. The smallest absolute Gasteiger partial charge is 0.346 e. The number of ketones is 2.